The fourth-order valence-corrected chi connectivity index (χ4v) is 5.82. The Morgan fingerprint density at radius 2 is 0.971 bits per heavy atom. The monoisotopic (exact) mass is 450 g/mol. The molecule has 0 atom stereocenters. The number of hydrogen-bond acceptors (Lipinski definition) is 4. The zero-order chi connectivity index (χ0) is 23.1. The summed E-state index contributed by atoms with van der Waals surface area (Å²) in [6, 6.07) is 27.2. The molecule has 2 heterocycles. The van der Waals surface area contributed by atoms with Crippen molar-refractivity contribution in [2.45, 2.75) is 13.1 Å². The van der Waals surface area contributed by atoms with Gasteiger partial charge in [0.2, 0.25) is 0 Å². The molecule has 34 heavy (non-hydrogen) atoms. The first-order chi connectivity index (χ1) is 16.7. The van der Waals surface area contributed by atoms with Crippen LogP contribution >= 0.6 is 0 Å². The van der Waals surface area contributed by atoms with E-state index < -0.39 is 0 Å². The van der Waals surface area contributed by atoms with Crippen molar-refractivity contribution in [1.82, 2.24) is 19.6 Å². The highest BCUT2D eigenvalue weighted by molar-refractivity contribution is 6.07. The van der Waals surface area contributed by atoms with Gasteiger partial charge in [-0.05, 0) is 57.9 Å². The number of rotatable bonds is 5. The molecule has 2 saturated heterocycles. The molecule has 0 aliphatic carbocycles. The quantitative estimate of drug-likeness (QED) is 0.421. The first-order valence-corrected chi connectivity index (χ1v) is 12.5. The Bertz CT molecular complexity index is 1230. The van der Waals surface area contributed by atoms with Crippen molar-refractivity contribution in [3.8, 4) is 11.1 Å². The standard InChI is InChI=1S/C30H34N4/c1-31-15-17-33(21-31)19-25-13-11-23-7-3-5-9-27(23)29(25)30-26(20-34-18-16-32(2)22-34)14-12-24-8-4-6-10-28(24)30/h3-14H,15-22H2,1-2H3. The lowest BCUT2D eigenvalue weighted by Gasteiger charge is -2.24. The Labute approximate surface area is 203 Å². The largest absolute Gasteiger partial charge is 0.292 e. The van der Waals surface area contributed by atoms with Crippen molar-refractivity contribution < 1.29 is 0 Å². The van der Waals surface area contributed by atoms with Gasteiger partial charge in [-0.25, -0.2) is 0 Å². The number of benzene rings is 4. The van der Waals surface area contributed by atoms with E-state index in [0.717, 1.165) is 52.6 Å². The lowest BCUT2D eigenvalue weighted by Crippen LogP contribution is -2.24. The van der Waals surface area contributed by atoms with Crippen molar-refractivity contribution >= 4 is 21.5 Å². The Morgan fingerprint density at radius 1 is 0.529 bits per heavy atom. The number of likely N-dealkylation sites (N-methyl/N-ethyl adjacent to an activating group) is 2. The summed E-state index contributed by atoms with van der Waals surface area (Å²) in [6.07, 6.45) is 0. The van der Waals surface area contributed by atoms with E-state index in [0.29, 0.717) is 0 Å². The highest BCUT2D eigenvalue weighted by Crippen LogP contribution is 2.40. The fourth-order valence-electron chi connectivity index (χ4n) is 5.82. The van der Waals surface area contributed by atoms with E-state index in [-0.39, 0.29) is 0 Å². The molecule has 0 saturated carbocycles. The minimum Gasteiger partial charge on any atom is -0.292 e. The number of nitrogens with zero attached hydrogens (tertiary/aromatic N) is 4. The summed E-state index contributed by atoms with van der Waals surface area (Å²) in [7, 11) is 4.44. The summed E-state index contributed by atoms with van der Waals surface area (Å²) in [5.41, 5.74) is 5.72. The molecule has 0 aromatic heterocycles. The van der Waals surface area contributed by atoms with Gasteiger partial charge in [0.15, 0.2) is 0 Å². The summed E-state index contributed by atoms with van der Waals surface area (Å²) >= 11 is 0. The van der Waals surface area contributed by atoms with E-state index in [4.69, 9.17) is 0 Å². The van der Waals surface area contributed by atoms with Crippen LogP contribution in [-0.2, 0) is 13.1 Å². The second kappa shape index (κ2) is 9.12. The molecule has 2 aliphatic heterocycles. The SMILES string of the molecule is CN1CCN(Cc2ccc3ccccc3c2-c2c(CN3CCN(C)C3)ccc3ccccc23)C1. The lowest BCUT2D eigenvalue weighted by molar-refractivity contribution is 0.267. The molecule has 0 bridgehead atoms. The molecular weight excluding hydrogens is 416 g/mol. The summed E-state index contributed by atoms with van der Waals surface area (Å²) in [5, 5.41) is 5.37. The van der Waals surface area contributed by atoms with Gasteiger partial charge in [-0.2, -0.15) is 0 Å². The van der Waals surface area contributed by atoms with Crippen LogP contribution in [0, 0.1) is 0 Å². The van der Waals surface area contributed by atoms with Gasteiger partial charge in [0.05, 0.1) is 13.3 Å². The maximum Gasteiger partial charge on any atom is 0.0507 e. The van der Waals surface area contributed by atoms with E-state index in [1.165, 1.54) is 43.8 Å². The van der Waals surface area contributed by atoms with Gasteiger partial charge in [-0.1, -0.05) is 72.8 Å². The second-order valence-corrected chi connectivity index (χ2v) is 10.2. The topological polar surface area (TPSA) is 13.0 Å². The van der Waals surface area contributed by atoms with Gasteiger partial charge in [-0.15, -0.1) is 0 Å². The fraction of sp³-hybridized carbons (Fsp3) is 0.333. The average molecular weight is 451 g/mol. The minimum atomic E-state index is 0.986. The van der Waals surface area contributed by atoms with Crippen molar-refractivity contribution in [3.63, 3.8) is 0 Å². The van der Waals surface area contributed by atoms with Crippen LogP contribution in [0.2, 0.25) is 0 Å². The van der Waals surface area contributed by atoms with Gasteiger partial charge >= 0.3 is 0 Å². The lowest BCUT2D eigenvalue weighted by atomic mass is 9.86. The molecule has 0 radical (unpaired) electrons. The van der Waals surface area contributed by atoms with E-state index in [2.05, 4.69) is 106 Å². The van der Waals surface area contributed by atoms with Crippen LogP contribution in [0.15, 0.2) is 72.8 Å². The molecule has 2 fully saturated rings. The Hall–Kier alpha value is -2.76. The first kappa shape index (κ1) is 21.8. The smallest absolute Gasteiger partial charge is 0.0507 e. The van der Waals surface area contributed by atoms with Crippen LogP contribution in [-0.4, -0.2) is 73.2 Å². The van der Waals surface area contributed by atoms with E-state index in [1.807, 2.05) is 0 Å². The summed E-state index contributed by atoms with van der Waals surface area (Å²) in [5.74, 6) is 0. The Balaban J connectivity index is 1.56. The molecule has 2 aliphatic rings. The molecule has 4 nitrogen and oxygen atoms in total. The zero-order valence-corrected chi connectivity index (χ0v) is 20.4. The third-order valence-electron chi connectivity index (χ3n) is 7.55. The van der Waals surface area contributed by atoms with Crippen LogP contribution < -0.4 is 0 Å². The van der Waals surface area contributed by atoms with Crippen LogP contribution in [0.25, 0.3) is 32.7 Å². The second-order valence-electron chi connectivity index (χ2n) is 10.2. The van der Waals surface area contributed by atoms with Crippen LogP contribution in [0.5, 0.6) is 0 Å². The van der Waals surface area contributed by atoms with E-state index in [1.54, 1.807) is 0 Å². The summed E-state index contributed by atoms with van der Waals surface area (Å²) < 4.78 is 0. The molecule has 6 rings (SSSR count). The van der Waals surface area contributed by atoms with Gasteiger partial charge in [0.25, 0.3) is 0 Å². The third kappa shape index (κ3) is 4.12. The van der Waals surface area contributed by atoms with Gasteiger partial charge < -0.3 is 0 Å². The van der Waals surface area contributed by atoms with Gasteiger partial charge in [0.1, 0.15) is 0 Å². The molecule has 4 heteroatoms. The molecule has 174 valence electrons. The molecule has 0 spiro atoms. The maximum atomic E-state index is 2.58. The summed E-state index contributed by atoms with van der Waals surface area (Å²) in [6.45, 7) is 8.59. The normalized spacial score (nSPS) is 18.5. The molecule has 4 aromatic carbocycles. The van der Waals surface area contributed by atoms with Crippen molar-refractivity contribution in [1.29, 1.82) is 0 Å². The molecule has 4 aromatic rings. The van der Waals surface area contributed by atoms with Crippen LogP contribution in [0.3, 0.4) is 0 Å². The van der Waals surface area contributed by atoms with Crippen LogP contribution in [0.4, 0.5) is 0 Å². The molecule has 0 amide bonds. The Kier molecular flexibility index (Phi) is 5.84. The number of hydrogen-bond donors (Lipinski definition) is 0. The van der Waals surface area contributed by atoms with Gasteiger partial charge in [0, 0.05) is 39.3 Å². The average Bonchev–Trinajstić information content (AvgIpc) is 3.46. The highest BCUT2D eigenvalue weighted by Gasteiger charge is 2.23. The van der Waals surface area contributed by atoms with Crippen molar-refractivity contribution in [3.05, 3.63) is 83.9 Å². The Morgan fingerprint density at radius 3 is 1.38 bits per heavy atom. The van der Waals surface area contributed by atoms with Crippen molar-refractivity contribution in [2.75, 3.05) is 53.6 Å². The number of fused-ring (bicyclic) bond motifs is 2. The third-order valence-corrected chi connectivity index (χ3v) is 7.55. The molecule has 0 N–H and O–H groups in total. The van der Waals surface area contributed by atoms with Crippen molar-refractivity contribution in [2.24, 2.45) is 0 Å². The summed E-state index contributed by atoms with van der Waals surface area (Å²) in [4.78, 5) is 9.98. The molecular formula is C30H34N4. The molecule has 0 unspecified atom stereocenters. The highest BCUT2D eigenvalue weighted by atomic mass is 15.4. The predicted octanol–water partition coefficient (Wildman–Crippen LogP) is 5.07. The van der Waals surface area contributed by atoms with E-state index in [9.17, 15) is 0 Å². The zero-order valence-electron chi connectivity index (χ0n) is 20.4. The predicted molar refractivity (Wildman–Crippen MR) is 143 cm³/mol. The van der Waals surface area contributed by atoms with Gasteiger partial charge in [-0.3, -0.25) is 19.6 Å². The van der Waals surface area contributed by atoms with Crippen LogP contribution in [0.1, 0.15) is 11.1 Å². The first-order valence-electron chi connectivity index (χ1n) is 12.5. The maximum absolute atomic E-state index is 2.58. The van der Waals surface area contributed by atoms with E-state index >= 15 is 0 Å². The minimum absolute atomic E-state index is 0.986.